The Morgan fingerprint density at radius 3 is 2.48 bits per heavy atom. The monoisotopic (exact) mass is 446 g/mol. The molecule has 3 heterocycles. The Morgan fingerprint density at radius 1 is 0.939 bits per heavy atom. The minimum atomic E-state index is -0.0235. The van der Waals surface area contributed by atoms with Crippen LogP contribution in [-0.4, -0.2) is 66.2 Å². The molecule has 0 bridgehead atoms. The molecule has 0 unspecified atom stereocenters. The molecule has 9 heteroatoms. The molecule has 0 spiro atoms. The van der Waals surface area contributed by atoms with Crippen LogP contribution in [0.25, 0.3) is 6.08 Å². The molecule has 0 aliphatic carbocycles. The van der Waals surface area contributed by atoms with E-state index in [9.17, 15) is 4.79 Å². The van der Waals surface area contributed by atoms with Gasteiger partial charge >= 0.3 is 0 Å². The van der Waals surface area contributed by atoms with Gasteiger partial charge in [-0.05, 0) is 35.9 Å². The largest absolute Gasteiger partial charge is 0.493 e. The van der Waals surface area contributed by atoms with E-state index < -0.39 is 0 Å². The molecule has 1 aromatic carbocycles. The van der Waals surface area contributed by atoms with Crippen LogP contribution in [0.1, 0.15) is 5.56 Å². The summed E-state index contributed by atoms with van der Waals surface area (Å²) in [5.41, 5.74) is 0.869. The number of anilines is 3. The summed E-state index contributed by atoms with van der Waals surface area (Å²) in [6, 6.07) is 13.1. The van der Waals surface area contributed by atoms with Crippen LogP contribution in [0.2, 0.25) is 0 Å². The Balaban J connectivity index is 1.34. The van der Waals surface area contributed by atoms with E-state index in [1.165, 1.54) is 6.33 Å². The summed E-state index contributed by atoms with van der Waals surface area (Å²) in [6.07, 6.45) is 6.64. The summed E-state index contributed by atoms with van der Waals surface area (Å²) in [7, 11) is 3.18. The Hall–Kier alpha value is -4.14. The quantitative estimate of drug-likeness (QED) is 0.554. The number of hydrogen-bond acceptors (Lipinski definition) is 8. The number of carbonyl (C=O) groups is 1. The summed E-state index contributed by atoms with van der Waals surface area (Å²) < 4.78 is 10.6. The maximum Gasteiger partial charge on any atom is 0.246 e. The Bertz CT molecular complexity index is 1110. The molecular weight excluding hydrogens is 420 g/mol. The SMILES string of the molecule is COc1ccc(/C=C/C(=O)N2CCN(c3cc(Nc4ccccn4)ncn3)CC2)cc1OC. The van der Waals surface area contributed by atoms with Crippen LogP contribution in [0.5, 0.6) is 11.5 Å². The molecule has 170 valence electrons. The van der Waals surface area contributed by atoms with Crippen LogP contribution in [-0.2, 0) is 4.79 Å². The average molecular weight is 447 g/mol. The van der Waals surface area contributed by atoms with Gasteiger partial charge in [-0.25, -0.2) is 15.0 Å². The number of pyridine rings is 1. The molecule has 1 amide bonds. The number of carbonyl (C=O) groups excluding carboxylic acids is 1. The third-order valence-corrected chi connectivity index (χ3v) is 5.31. The molecule has 1 aliphatic heterocycles. The van der Waals surface area contributed by atoms with Gasteiger partial charge < -0.3 is 24.6 Å². The summed E-state index contributed by atoms with van der Waals surface area (Å²) in [6.45, 7) is 2.61. The van der Waals surface area contributed by atoms with Gasteiger partial charge in [0.1, 0.15) is 23.8 Å². The lowest BCUT2D eigenvalue weighted by Gasteiger charge is -2.35. The first kappa shape index (κ1) is 22.1. The molecule has 33 heavy (non-hydrogen) atoms. The zero-order chi connectivity index (χ0) is 23.0. The lowest BCUT2D eigenvalue weighted by molar-refractivity contribution is -0.126. The van der Waals surface area contributed by atoms with Gasteiger partial charge in [0.2, 0.25) is 5.91 Å². The highest BCUT2D eigenvalue weighted by molar-refractivity contribution is 5.92. The fourth-order valence-corrected chi connectivity index (χ4v) is 3.54. The minimum absolute atomic E-state index is 0.0235. The minimum Gasteiger partial charge on any atom is -0.493 e. The number of amides is 1. The molecule has 1 aliphatic rings. The maximum atomic E-state index is 12.7. The number of nitrogens with zero attached hydrogens (tertiary/aromatic N) is 5. The highest BCUT2D eigenvalue weighted by atomic mass is 16.5. The third-order valence-electron chi connectivity index (χ3n) is 5.31. The number of ether oxygens (including phenoxy) is 2. The van der Waals surface area contributed by atoms with Crippen LogP contribution in [0.3, 0.4) is 0 Å². The van der Waals surface area contributed by atoms with E-state index in [1.807, 2.05) is 47.4 Å². The molecular formula is C24H26N6O3. The first-order valence-corrected chi connectivity index (χ1v) is 10.6. The second kappa shape index (κ2) is 10.4. The molecule has 9 nitrogen and oxygen atoms in total. The molecule has 3 aromatic rings. The molecule has 4 rings (SSSR count). The second-order valence-electron chi connectivity index (χ2n) is 7.36. The number of piperazine rings is 1. The zero-order valence-electron chi connectivity index (χ0n) is 18.6. The standard InChI is InChI=1S/C24H26N6O3/c1-32-19-8-6-18(15-20(19)33-2)7-9-24(31)30-13-11-29(12-14-30)23-16-22(26-17-27-23)28-21-5-3-4-10-25-21/h3-10,15-17H,11-14H2,1-2H3,(H,25,26,27,28)/b9-7+. The molecule has 0 saturated carbocycles. The normalized spacial score (nSPS) is 13.8. The number of aromatic nitrogens is 3. The van der Waals surface area contributed by atoms with Gasteiger partial charge in [-0.15, -0.1) is 0 Å². The van der Waals surface area contributed by atoms with Gasteiger partial charge in [0.05, 0.1) is 14.2 Å². The number of rotatable bonds is 7. The fraction of sp³-hybridized carbons (Fsp3) is 0.250. The van der Waals surface area contributed by atoms with Crippen molar-refractivity contribution < 1.29 is 14.3 Å². The van der Waals surface area contributed by atoms with Crippen LogP contribution in [0.4, 0.5) is 17.5 Å². The van der Waals surface area contributed by atoms with Gasteiger partial charge in [-0.1, -0.05) is 12.1 Å². The lowest BCUT2D eigenvalue weighted by Crippen LogP contribution is -2.48. The number of hydrogen-bond donors (Lipinski definition) is 1. The van der Waals surface area contributed by atoms with E-state index in [1.54, 1.807) is 32.6 Å². The topological polar surface area (TPSA) is 92.7 Å². The Kier molecular flexibility index (Phi) is 6.99. The van der Waals surface area contributed by atoms with Crippen LogP contribution >= 0.6 is 0 Å². The van der Waals surface area contributed by atoms with Crippen molar-refractivity contribution >= 4 is 29.4 Å². The van der Waals surface area contributed by atoms with Gasteiger partial charge in [0.15, 0.2) is 11.5 Å². The number of nitrogens with one attached hydrogen (secondary N) is 1. The van der Waals surface area contributed by atoms with E-state index in [4.69, 9.17) is 9.47 Å². The van der Waals surface area contributed by atoms with Gasteiger partial charge in [0, 0.05) is 44.5 Å². The third kappa shape index (κ3) is 5.57. The summed E-state index contributed by atoms with van der Waals surface area (Å²) in [5, 5.41) is 3.18. The zero-order valence-corrected chi connectivity index (χ0v) is 18.6. The molecule has 1 saturated heterocycles. The molecule has 1 fully saturated rings. The van der Waals surface area contributed by atoms with Crippen molar-refractivity contribution in [2.24, 2.45) is 0 Å². The van der Waals surface area contributed by atoms with Crippen molar-refractivity contribution in [1.82, 2.24) is 19.9 Å². The first-order chi connectivity index (χ1) is 16.2. The number of benzene rings is 1. The van der Waals surface area contributed by atoms with Crippen molar-refractivity contribution in [1.29, 1.82) is 0 Å². The van der Waals surface area contributed by atoms with Crippen molar-refractivity contribution in [2.45, 2.75) is 0 Å². The molecule has 2 aromatic heterocycles. The van der Waals surface area contributed by atoms with Crippen molar-refractivity contribution in [3.8, 4) is 11.5 Å². The lowest BCUT2D eigenvalue weighted by atomic mass is 10.2. The van der Waals surface area contributed by atoms with Gasteiger partial charge in [-0.2, -0.15) is 0 Å². The van der Waals surface area contributed by atoms with Crippen molar-refractivity contribution in [3.63, 3.8) is 0 Å². The summed E-state index contributed by atoms with van der Waals surface area (Å²) in [4.78, 5) is 29.6. The van der Waals surface area contributed by atoms with E-state index >= 15 is 0 Å². The predicted molar refractivity (Wildman–Crippen MR) is 127 cm³/mol. The smallest absolute Gasteiger partial charge is 0.246 e. The van der Waals surface area contributed by atoms with E-state index in [-0.39, 0.29) is 5.91 Å². The fourth-order valence-electron chi connectivity index (χ4n) is 3.54. The van der Waals surface area contributed by atoms with Crippen LogP contribution in [0, 0.1) is 0 Å². The molecule has 0 atom stereocenters. The van der Waals surface area contributed by atoms with Gasteiger partial charge in [0.25, 0.3) is 0 Å². The van der Waals surface area contributed by atoms with E-state index in [0.717, 1.165) is 17.2 Å². The van der Waals surface area contributed by atoms with Gasteiger partial charge in [-0.3, -0.25) is 4.79 Å². The van der Waals surface area contributed by atoms with Crippen LogP contribution in [0.15, 0.2) is 61.1 Å². The first-order valence-electron chi connectivity index (χ1n) is 10.6. The predicted octanol–water partition coefficient (Wildman–Crippen LogP) is 2.99. The molecule has 0 radical (unpaired) electrons. The van der Waals surface area contributed by atoms with Crippen molar-refractivity contribution in [3.05, 3.63) is 66.6 Å². The average Bonchev–Trinajstić information content (AvgIpc) is 2.88. The van der Waals surface area contributed by atoms with Crippen molar-refractivity contribution in [2.75, 3.05) is 50.6 Å². The summed E-state index contributed by atoms with van der Waals surface area (Å²) in [5.74, 6) is 3.47. The van der Waals surface area contributed by atoms with E-state index in [2.05, 4.69) is 25.2 Å². The summed E-state index contributed by atoms with van der Waals surface area (Å²) >= 11 is 0. The van der Waals surface area contributed by atoms with Crippen LogP contribution < -0.4 is 19.7 Å². The molecule has 1 N–H and O–H groups in total. The highest BCUT2D eigenvalue weighted by Crippen LogP contribution is 2.28. The second-order valence-corrected chi connectivity index (χ2v) is 7.36. The highest BCUT2D eigenvalue weighted by Gasteiger charge is 2.21. The van der Waals surface area contributed by atoms with E-state index in [0.29, 0.717) is 43.5 Å². The Morgan fingerprint density at radius 2 is 1.76 bits per heavy atom. The Labute approximate surface area is 192 Å². The number of methoxy groups -OCH3 is 2. The maximum absolute atomic E-state index is 12.7.